The van der Waals surface area contributed by atoms with Crippen LogP contribution < -0.4 is 11.1 Å². The molecule has 0 saturated heterocycles. The number of rotatable bonds is 5. The van der Waals surface area contributed by atoms with Crippen molar-refractivity contribution >= 4 is 5.91 Å². The van der Waals surface area contributed by atoms with Gasteiger partial charge >= 0.3 is 0 Å². The summed E-state index contributed by atoms with van der Waals surface area (Å²) in [6.45, 7) is 7.80. The van der Waals surface area contributed by atoms with Crippen LogP contribution in [0.3, 0.4) is 0 Å². The molecule has 0 bridgehead atoms. The van der Waals surface area contributed by atoms with E-state index in [0.29, 0.717) is 6.04 Å². The van der Waals surface area contributed by atoms with E-state index in [2.05, 4.69) is 26.1 Å². The van der Waals surface area contributed by atoms with Crippen LogP contribution in [0, 0.1) is 5.92 Å². The summed E-state index contributed by atoms with van der Waals surface area (Å²) in [6.07, 6.45) is 3.94. The van der Waals surface area contributed by atoms with Gasteiger partial charge in [0.25, 0.3) is 0 Å². The summed E-state index contributed by atoms with van der Waals surface area (Å²) < 4.78 is 5.64. The van der Waals surface area contributed by atoms with Gasteiger partial charge in [-0.3, -0.25) is 4.79 Å². The standard InChI is InChI=1S/C13H26N2O2/c1-13(2,3)17-9-8-15-11-6-4-10(5-7-11)12(14)16/h10-11,15H,4-9H2,1-3H3,(H2,14,16). The van der Waals surface area contributed by atoms with Gasteiger partial charge in [0.2, 0.25) is 5.91 Å². The number of primary amides is 1. The molecule has 4 heteroatoms. The average Bonchev–Trinajstić information content (AvgIpc) is 2.24. The molecule has 1 fully saturated rings. The molecular formula is C13H26N2O2. The minimum atomic E-state index is -0.139. The molecule has 100 valence electrons. The van der Waals surface area contributed by atoms with Crippen molar-refractivity contribution in [3.05, 3.63) is 0 Å². The number of nitrogens with two attached hydrogens (primary N) is 1. The van der Waals surface area contributed by atoms with E-state index in [-0.39, 0.29) is 17.4 Å². The van der Waals surface area contributed by atoms with Gasteiger partial charge in [-0.05, 0) is 46.5 Å². The highest BCUT2D eigenvalue weighted by atomic mass is 16.5. The van der Waals surface area contributed by atoms with Gasteiger partial charge in [0.05, 0.1) is 12.2 Å². The van der Waals surface area contributed by atoms with Crippen LogP contribution in [-0.4, -0.2) is 30.7 Å². The zero-order valence-corrected chi connectivity index (χ0v) is 11.3. The van der Waals surface area contributed by atoms with Crippen LogP contribution in [0.5, 0.6) is 0 Å². The van der Waals surface area contributed by atoms with Crippen LogP contribution in [0.25, 0.3) is 0 Å². The molecule has 1 aliphatic rings. The first kappa shape index (κ1) is 14.5. The molecule has 0 aliphatic heterocycles. The third-order valence-corrected chi connectivity index (χ3v) is 3.20. The van der Waals surface area contributed by atoms with E-state index in [1.54, 1.807) is 0 Å². The van der Waals surface area contributed by atoms with Crippen molar-refractivity contribution in [1.29, 1.82) is 0 Å². The Balaban J connectivity index is 2.09. The van der Waals surface area contributed by atoms with E-state index >= 15 is 0 Å². The number of amides is 1. The number of hydrogen-bond donors (Lipinski definition) is 2. The molecule has 17 heavy (non-hydrogen) atoms. The first-order chi connectivity index (χ1) is 7.88. The number of carbonyl (C=O) groups excluding carboxylic acids is 1. The Labute approximate surface area is 104 Å². The summed E-state index contributed by atoms with van der Waals surface area (Å²) in [7, 11) is 0. The quantitative estimate of drug-likeness (QED) is 0.717. The fraction of sp³-hybridized carbons (Fsp3) is 0.923. The van der Waals surface area contributed by atoms with Crippen LogP contribution in [0.15, 0.2) is 0 Å². The van der Waals surface area contributed by atoms with E-state index in [1.165, 1.54) is 0 Å². The van der Waals surface area contributed by atoms with Crippen molar-refractivity contribution < 1.29 is 9.53 Å². The number of hydrogen-bond acceptors (Lipinski definition) is 3. The first-order valence-corrected chi connectivity index (χ1v) is 6.55. The maximum atomic E-state index is 11.0. The van der Waals surface area contributed by atoms with Gasteiger partial charge in [-0.1, -0.05) is 0 Å². The maximum absolute atomic E-state index is 11.0. The lowest BCUT2D eigenvalue weighted by Crippen LogP contribution is -2.38. The first-order valence-electron chi connectivity index (χ1n) is 6.55. The summed E-state index contributed by atoms with van der Waals surface area (Å²) in [5, 5.41) is 3.48. The molecule has 0 aromatic carbocycles. The number of nitrogens with one attached hydrogen (secondary N) is 1. The third kappa shape index (κ3) is 6.03. The average molecular weight is 242 g/mol. The molecule has 0 radical (unpaired) electrons. The minimum Gasteiger partial charge on any atom is -0.375 e. The van der Waals surface area contributed by atoms with Crippen molar-refractivity contribution in [1.82, 2.24) is 5.32 Å². The van der Waals surface area contributed by atoms with Crippen molar-refractivity contribution in [2.75, 3.05) is 13.2 Å². The predicted octanol–water partition coefficient (Wildman–Crippen LogP) is 1.44. The van der Waals surface area contributed by atoms with E-state index in [4.69, 9.17) is 10.5 Å². The van der Waals surface area contributed by atoms with Gasteiger partial charge in [-0.25, -0.2) is 0 Å². The Hall–Kier alpha value is -0.610. The molecule has 0 heterocycles. The third-order valence-electron chi connectivity index (χ3n) is 3.20. The Kier molecular flexibility index (Phi) is 5.40. The fourth-order valence-corrected chi connectivity index (χ4v) is 2.20. The smallest absolute Gasteiger partial charge is 0.220 e. The second-order valence-corrected chi connectivity index (χ2v) is 5.87. The molecule has 1 amide bonds. The van der Waals surface area contributed by atoms with Crippen molar-refractivity contribution in [3.63, 3.8) is 0 Å². The summed E-state index contributed by atoms with van der Waals surface area (Å²) in [5.74, 6) is -0.0432. The highest BCUT2D eigenvalue weighted by Gasteiger charge is 2.24. The van der Waals surface area contributed by atoms with Crippen molar-refractivity contribution in [2.45, 2.75) is 58.1 Å². The van der Waals surface area contributed by atoms with Crippen LogP contribution in [0.1, 0.15) is 46.5 Å². The molecule has 4 nitrogen and oxygen atoms in total. The summed E-state index contributed by atoms with van der Waals surface area (Å²) in [4.78, 5) is 11.0. The normalized spacial score (nSPS) is 25.8. The molecule has 0 spiro atoms. The topological polar surface area (TPSA) is 64.3 Å². The van der Waals surface area contributed by atoms with Gasteiger partial charge in [-0.15, -0.1) is 0 Å². The molecule has 1 aliphatic carbocycles. The lowest BCUT2D eigenvalue weighted by Gasteiger charge is -2.28. The van der Waals surface area contributed by atoms with Crippen molar-refractivity contribution in [2.24, 2.45) is 11.7 Å². The van der Waals surface area contributed by atoms with Gasteiger partial charge in [0.1, 0.15) is 0 Å². The zero-order chi connectivity index (χ0) is 12.9. The fourth-order valence-electron chi connectivity index (χ4n) is 2.20. The molecule has 1 saturated carbocycles. The molecule has 0 unspecified atom stereocenters. The summed E-state index contributed by atoms with van der Waals surface area (Å²) in [5.41, 5.74) is 5.24. The summed E-state index contributed by atoms with van der Waals surface area (Å²) >= 11 is 0. The molecule has 3 N–H and O–H groups in total. The van der Waals surface area contributed by atoms with Gasteiger partial charge in [-0.2, -0.15) is 0 Å². The van der Waals surface area contributed by atoms with E-state index in [9.17, 15) is 4.79 Å². The van der Waals surface area contributed by atoms with E-state index in [1.807, 2.05) is 0 Å². The largest absolute Gasteiger partial charge is 0.375 e. The Morgan fingerprint density at radius 2 is 1.88 bits per heavy atom. The van der Waals surface area contributed by atoms with Crippen LogP contribution >= 0.6 is 0 Å². The Morgan fingerprint density at radius 3 is 2.35 bits per heavy atom. The molecule has 0 aromatic heterocycles. The zero-order valence-electron chi connectivity index (χ0n) is 11.3. The lowest BCUT2D eigenvalue weighted by atomic mass is 9.85. The SMILES string of the molecule is CC(C)(C)OCCNC1CCC(C(N)=O)CC1. The second-order valence-electron chi connectivity index (χ2n) is 5.87. The van der Waals surface area contributed by atoms with Crippen LogP contribution in [0.2, 0.25) is 0 Å². The maximum Gasteiger partial charge on any atom is 0.220 e. The monoisotopic (exact) mass is 242 g/mol. The van der Waals surface area contributed by atoms with Crippen LogP contribution in [0.4, 0.5) is 0 Å². The van der Waals surface area contributed by atoms with Gasteiger partial charge in [0.15, 0.2) is 0 Å². The van der Waals surface area contributed by atoms with Crippen LogP contribution in [-0.2, 0) is 9.53 Å². The highest BCUT2D eigenvalue weighted by molar-refractivity contribution is 5.76. The molecule has 0 aromatic rings. The Morgan fingerprint density at radius 1 is 1.29 bits per heavy atom. The van der Waals surface area contributed by atoms with Gasteiger partial charge < -0.3 is 15.8 Å². The lowest BCUT2D eigenvalue weighted by molar-refractivity contribution is -0.122. The minimum absolute atomic E-state index is 0.0642. The van der Waals surface area contributed by atoms with Gasteiger partial charge in [0, 0.05) is 18.5 Å². The number of carbonyl (C=O) groups is 1. The molecule has 0 atom stereocenters. The highest BCUT2D eigenvalue weighted by Crippen LogP contribution is 2.23. The van der Waals surface area contributed by atoms with E-state index < -0.39 is 0 Å². The van der Waals surface area contributed by atoms with E-state index in [0.717, 1.165) is 38.8 Å². The molecular weight excluding hydrogens is 216 g/mol. The Bertz CT molecular complexity index is 240. The summed E-state index contributed by atoms with van der Waals surface area (Å²) in [6, 6.07) is 0.522. The molecule has 1 rings (SSSR count). The van der Waals surface area contributed by atoms with Crippen molar-refractivity contribution in [3.8, 4) is 0 Å². The second kappa shape index (κ2) is 6.36. The predicted molar refractivity (Wildman–Crippen MR) is 68.6 cm³/mol. The number of ether oxygens (including phenoxy) is 1.